The Bertz CT molecular complexity index is 345. The van der Waals surface area contributed by atoms with E-state index in [0.29, 0.717) is 0 Å². The van der Waals surface area contributed by atoms with E-state index in [1.54, 1.807) is 4.90 Å². The van der Waals surface area contributed by atoms with E-state index >= 15 is 0 Å². The van der Waals surface area contributed by atoms with Gasteiger partial charge in [-0.3, -0.25) is 9.69 Å². The van der Waals surface area contributed by atoms with Crippen molar-refractivity contribution in [1.82, 2.24) is 9.80 Å². The normalized spacial score (nSPS) is 16.8. The molecule has 0 N–H and O–H groups in total. The summed E-state index contributed by atoms with van der Waals surface area (Å²) in [7, 11) is 0. The number of unbranched alkanes of at least 4 members (excludes halogenated alkanes) is 1. The number of piperazine rings is 1. The molecule has 0 spiro atoms. The molecule has 0 bridgehead atoms. The first-order valence-electron chi connectivity index (χ1n) is 6.77. The fourth-order valence-electron chi connectivity index (χ4n) is 2.37. The topological polar surface area (TPSA) is 23.6 Å². The van der Waals surface area contributed by atoms with Crippen molar-refractivity contribution in [2.24, 2.45) is 0 Å². The van der Waals surface area contributed by atoms with Gasteiger partial charge in [-0.15, -0.1) is 0 Å². The van der Waals surface area contributed by atoms with E-state index in [1.807, 2.05) is 6.41 Å². The summed E-state index contributed by atoms with van der Waals surface area (Å²) in [6.45, 7) is 4.82. The van der Waals surface area contributed by atoms with E-state index in [1.165, 1.54) is 24.8 Å². The summed E-state index contributed by atoms with van der Waals surface area (Å²) < 4.78 is 0. The summed E-state index contributed by atoms with van der Waals surface area (Å²) in [6.07, 6.45) is 5.62. The van der Waals surface area contributed by atoms with Gasteiger partial charge in [0, 0.05) is 26.2 Å². The summed E-state index contributed by atoms with van der Waals surface area (Å²) in [5.41, 5.74) is 1.43. The zero-order valence-corrected chi connectivity index (χ0v) is 10.8. The molecule has 0 atom stereocenters. The monoisotopic (exact) mass is 245 g/mol. The van der Waals surface area contributed by atoms with Crippen LogP contribution in [-0.4, -0.2) is 48.9 Å². The maximum atomic E-state index is 10.5. The molecule has 1 amide bonds. The van der Waals surface area contributed by atoms with Gasteiger partial charge in [-0.05, 0) is 31.4 Å². The van der Waals surface area contributed by atoms with Crippen molar-refractivity contribution in [2.75, 3.05) is 32.7 Å². The van der Waals surface area contributed by atoms with Gasteiger partial charge in [0.1, 0.15) is 0 Å². The number of hydrogen-bond donors (Lipinski definition) is 0. The molecule has 0 unspecified atom stereocenters. The Morgan fingerprint density at radius 2 is 1.72 bits per heavy atom. The Hall–Kier alpha value is -1.35. The molecule has 1 aliphatic rings. The third-order valence-corrected chi connectivity index (χ3v) is 3.53. The average Bonchev–Trinajstić information content (AvgIpc) is 2.45. The number of amides is 1. The van der Waals surface area contributed by atoms with Crippen LogP contribution >= 0.6 is 0 Å². The van der Waals surface area contributed by atoms with Gasteiger partial charge >= 0.3 is 6.41 Å². The van der Waals surface area contributed by atoms with Crippen LogP contribution in [0.3, 0.4) is 0 Å². The van der Waals surface area contributed by atoms with Crippen LogP contribution in [0.2, 0.25) is 0 Å². The molecule has 3 heteroatoms. The maximum absolute atomic E-state index is 10.5. The van der Waals surface area contributed by atoms with Crippen molar-refractivity contribution in [3.8, 4) is 0 Å². The van der Waals surface area contributed by atoms with Crippen LogP contribution in [0.25, 0.3) is 0 Å². The van der Waals surface area contributed by atoms with Crippen LogP contribution in [0.1, 0.15) is 18.4 Å². The second kappa shape index (κ2) is 7.17. The summed E-state index contributed by atoms with van der Waals surface area (Å²) in [5.74, 6) is 0. The van der Waals surface area contributed by atoms with Gasteiger partial charge < -0.3 is 4.90 Å². The van der Waals surface area contributed by atoms with Crippen molar-refractivity contribution in [2.45, 2.75) is 19.3 Å². The van der Waals surface area contributed by atoms with E-state index in [0.717, 1.165) is 32.7 Å². The number of benzene rings is 1. The molecule has 1 aliphatic heterocycles. The summed E-state index contributed by atoms with van der Waals surface area (Å²) >= 11 is 0. The van der Waals surface area contributed by atoms with Crippen LogP contribution in [0.5, 0.6) is 0 Å². The molecule has 1 aromatic rings. The molecule has 3 nitrogen and oxygen atoms in total. The predicted octanol–water partition coefficient (Wildman–Crippen LogP) is 1.69. The van der Waals surface area contributed by atoms with Gasteiger partial charge in [0.15, 0.2) is 0 Å². The zero-order chi connectivity index (χ0) is 12.6. The number of rotatable bonds is 6. The van der Waals surface area contributed by atoms with E-state index in [2.05, 4.69) is 35.2 Å². The van der Waals surface area contributed by atoms with E-state index in [9.17, 15) is 4.79 Å². The largest absolute Gasteiger partial charge is 0.332 e. The molecule has 1 aromatic carbocycles. The predicted molar refractivity (Wildman–Crippen MR) is 73.1 cm³/mol. The molecular formula is C15H21N2O. The number of nitrogens with zero attached hydrogens (tertiary/aromatic N) is 2. The van der Waals surface area contributed by atoms with Crippen molar-refractivity contribution in [1.29, 1.82) is 0 Å². The van der Waals surface area contributed by atoms with Gasteiger partial charge in [0.25, 0.3) is 0 Å². The van der Waals surface area contributed by atoms with Crippen LogP contribution in [0, 0.1) is 0 Å². The van der Waals surface area contributed by atoms with Crippen LogP contribution in [0.4, 0.5) is 0 Å². The molecule has 0 aromatic heterocycles. The first-order valence-corrected chi connectivity index (χ1v) is 6.77. The number of hydrogen-bond acceptors (Lipinski definition) is 2. The quantitative estimate of drug-likeness (QED) is 0.712. The lowest BCUT2D eigenvalue weighted by molar-refractivity contribution is 0.176. The third kappa shape index (κ3) is 4.15. The van der Waals surface area contributed by atoms with Crippen molar-refractivity contribution >= 4 is 6.41 Å². The van der Waals surface area contributed by atoms with Crippen molar-refractivity contribution in [3.63, 3.8) is 0 Å². The van der Waals surface area contributed by atoms with Crippen LogP contribution < -0.4 is 0 Å². The first kappa shape index (κ1) is 13.1. The molecule has 97 valence electrons. The minimum atomic E-state index is 0.836. The molecule has 1 fully saturated rings. The second-order valence-electron chi connectivity index (χ2n) is 4.86. The van der Waals surface area contributed by atoms with E-state index in [4.69, 9.17) is 0 Å². The van der Waals surface area contributed by atoms with E-state index in [-0.39, 0.29) is 0 Å². The number of carbonyl (C=O) groups excluding carboxylic acids is 1. The summed E-state index contributed by atoms with van der Waals surface area (Å²) in [6, 6.07) is 10.7. The van der Waals surface area contributed by atoms with E-state index < -0.39 is 0 Å². The molecule has 0 saturated carbocycles. The summed E-state index contributed by atoms with van der Waals surface area (Å²) in [5, 5.41) is 0. The molecule has 1 saturated heterocycles. The van der Waals surface area contributed by atoms with Gasteiger partial charge in [-0.1, -0.05) is 30.3 Å². The van der Waals surface area contributed by atoms with Gasteiger partial charge in [0.2, 0.25) is 0 Å². The minimum Gasteiger partial charge on any atom is -0.332 e. The lowest BCUT2D eigenvalue weighted by Gasteiger charge is -2.31. The number of aryl methyl sites for hydroxylation is 1. The van der Waals surface area contributed by atoms with Crippen LogP contribution in [-0.2, 0) is 11.2 Å². The molecule has 18 heavy (non-hydrogen) atoms. The Labute approximate surface area is 109 Å². The average molecular weight is 245 g/mol. The first-order chi connectivity index (χ1) is 8.88. The Morgan fingerprint density at radius 1 is 1.00 bits per heavy atom. The van der Waals surface area contributed by atoms with Gasteiger partial charge in [-0.25, -0.2) is 0 Å². The highest BCUT2D eigenvalue weighted by molar-refractivity contribution is 5.48. The Balaban J connectivity index is 1.58. The smallest absolute Gasteiger partial charge is 0.312 e. The molecule has 1 heterocycles. The fourth-order valence-corrected chi connectivity index (χ4v) is 2.37. The molecule has 0 aliphatic carbocycles. The Morgan fingerprint density at radius 3 is 2.39 bits per heavy atom. The minimum absolute atomic E-state index is 0.836. The van der Waals surface area contributed by atoms with Crippen LogP contribution in [0.15, 0.2) is 30.3 Å². The standard InChI is InChI=1S/C15H21N2O/c18-14-17-12-10-16(11-13-17)9-5-4-8-15-6-2-1-3-7-15/h1-3,6-7H,4-5,8-13H2. The lowest BCUT2D eigenvalue weighted by Crippen LogP contribution is -2.45. The molecular weight excluding hydrogens is 224 g/mol. The van der Waals surface area contributed by atoms with Gasteiger partial charge in [-0.2, -0.15) is 0 Å². The Kier molecular flexibility index (Phi) is 5.21. The van der Waals surface area contributed by atoms with Gasteiger partial charge in [0.05, 0.1) is 0 Å². The van der Waals surface area contributed by atoms with Crippen molar-refractivity contribution < 1.29 is 4.79 Å². The lowest BCUT2D eigenvalue weighted by atomic mass is 10.1. The van der Waals surface area contributed by atoms with Crippen molar-refractivity contribution in [3.05, 3.63) is 35.9 Å². The summed E-state index contributed by atoms with van der Waals surface area (Å²) in [4.78, 5) is 14.6. The highest BCUT2D eigenvalue weighted by atomic mass is 16.1. The highest BCUT2D eigenvalue weighted by Crippen LogP contribution is 2.06. The maximum Gasteiger partial charge on any atom is 0.312 e. The highest BCUT2D eigenvalue weighted by Gasteiger charge is 2.14. The zero-order valence-electron chi connectivity index (χ0n) is 10.8. The molecule has 2 rings (SSSR count). The third-order valence-electron chi connectivity index (χ3n) is 3.53. The SMILES string of the molecule is O=[C]N1CCN(CCCCc2ccccc2)CC1. The fraction of sp³-hybridized carbons (Fsp3) is 0.533. The second-order valence-corrected chi connectivity index (χ2v) is 4.86. The molecule has 1 radical (unpaired) electrons.